The van der Waals surface area contributed by atoms with Gasteiger partial charge in [0.15, 0.2) is 11.9 Å². The number of nitrogens with zero attached hydrogens (tertiary/aromatic N) is 1. The van der Waals surface area contributed by atoms with E-state index in [4.69, 9.17) is 5.73 Å². The SMILES string of the molecule is Cc1cc(C)[n+]([O-])cc1CN.Cl. The third-order valence-corrected chi connectivity index (χ3v) is 1.77. The molecule has 0 amide bonds. The number of rotatable bonds is 1. The molecule has 0 radical (unpaired) electrons. The molecule has 0 spiro atoms. The first-order valence-corrected chi connectivity index (χ1v) is 3.54. The second-order valence-corrected chi connectivity index (χ2v) is 2.65. The zero-order valence-electron chi connectivity index (χ0n) is 7.20. The van der Waals surface area contributed by atoms with E-state index in [1.54, 1.807) is 6.92 Å². The fourth-order valence-corrected chi connectivity index (χ4v) is 1.03. The molecule has 0 aliphatic heterocycles. The van der Waals surface area contributed by atoms with Crippen molar-refractivity contribution in [3.63, 3.8) is 0 Å². The predicted molar refractivity (Wildman–Crippen MR) is 50.0 cm³/mol. The third-order valence-electron chi connectivity index (χ3n) is 1.77. The molecule has 1 aromatic heterocycles. The van der Waals surface area contributed by atoms with Gasteiger partial charge in [-0.2, -0.15) is 4.73 Å². The lowest BCUT2D eigenvalue weighted by Crippen LogP contribution is -2.30. The van der Waals surface area contributed by atoms with Gasteiger partial charge in [-0.05, 0) is 12.5 Å². The molecule has 0 aliphatic rings. The van der Waals surface area contributed by atoms with E-state index in [9.17, 15) is 5.21 Å². The van der Waals surface area contributed by atoms with Crippen LogP contribution in [0.1, 0.15) is 16.8 Å². The van der Waals surface area contributed by atoms with Crippen LogP contribution in [-0.4, -0.2) is 0 Å². The summed E-state index contributed by atoms with van der Waals surface area (Å²) >= 11 is 0. The summed E-state index contributed by atoms with van der Waals surface area (Å²) < 4.78 is 0.842. The second kappa shape index (κ2) is 4.28. The molecule has 0 saturated carbocycles. The Bertz CT molecular complexity index is 276. The largest absolute Gasteiger partial charge is 0.619 e. The molecule has 4 heteroatoms. The number of aromatic nitrogens is 1. The van der Waals surface area contributed by atoms with Crippen LogP contribution in [0.4, 0.5) is 0 Å². The summed E-state index contributed by atoms with van der Waals surface area (Å²) in [5.74, 6) is 0. The number of hydrogen-bond donors (Lipinski definition) is 1. The highest BCUT2D eigenvalue weighted by Crippen LogP contribution is 2.04. The van der Waals surface area contributed by atoms with Crippen molar-refractivity contribution in [3.05, 3.63) is 34.3 Å². The van der Waals surface area contributed by atoms with Crippen molar-refractivity contribution in [3.8, 4) is 0 Å². The van der Waals surface area contributed by atoms with E-state index in [0.29, 0.717) is 12.2 Å². The van der Waals surface area contributed by atoms with Gasteiger partial charge in [-0.15, -0.1) is 12.4 Å². The van der Waals surface area contributed by atoms with Gasteiger partial charge in [0.2, 0.25) is 0 Å². The fourth-order valence-electron chi connectivity index (χ4n) is 1.03. The lowest BCUT2D eigenvalue weighted by Gasteiger charge is -2.04. The molecule has 0 atom stereocenters. The zero-order chi connectivity index (χ0) is 8.43. The Hall–Kier alpha value is -0.800. The van der Waals surface area contributed by atoms with E-state index in [2.05, 4.69) is 0 Å². The monoisotopic (exact) mass is 188 g/mol. The molecule has 0 bridgehead atoms. The molecule has 1 heterocycles. The standard InChI is InChI=1S/C8H12N2O.ClH/c1-6-3-7(2)10(11)5-8(6)4-9;/h3,5H,4,9H2,1-2H3;1H. The molecule has 68 valence electrons. The smallest absolute Gasteiger partial charge is 0.189 e. The van der Waals surface area contributed by atoms with Crippen LogP contribution in [0.15, 0.2) is 12.3 Å². The number of nitrogens with two attached hydrogens (primary N) is 1. The second-order valence-electron chi connectivity index (χ2n) is 2.65. The van der Waals surface area contributed by atoms with Crippen LogP contribution in [0.5, 0.6) is 0 Å². The van der Waals surface area contributed by atoms with Crippen LogP contribution >= 0.6 is 12.4 Å². The highest BCUT2D eigenvalue weighted by molar-refractivity contribution is 5.85. The Balaban J connectivity index is 0.00000121. The molecule has 12 heavy (non-hydrogen) atoms. The van der Waals surface area contributed by atoms with Gasteiger partial charge in [0.05, 0.1) is 0 Å². The van der Waals surface area contributed by atoms with Crippen molar-refractivity contribution in [1.29, 1.82) is 0 Å². The van der Waals surface area contributed by atoms with Crippen molar-refractivity contribution in [2.24, 2.45) is 5.73 Å². The molecular formula is C8H13ClN2O. The van der Waals surface area contributed by atoms with Crippen LogP contribution in [-0.2, 0) is 6.54 Å². The molecule has 1 aromatic rings. The van der Waals surface area contributed by atoms with Crippen molar-refractivity contribution in [1.82, 2.24) is 0 Å². The number of hydrogen-bond acceptors (Lipinski definition) is 2. The van der Waals surface area contributed by atoms with Gasteiger partial charge in [0.1, 0.15) is 0 Å². The summed E-state index contributed by atoms with van der Waals surface area (Å²) in [7, 11) is 0. The first-order chi connectivity index (χ1) is 5.15. The van der Waals surface area contributed by atoms with Gasteiger partial charge in [-0.3, -0.25) is 0 Å². The Morgan fingerprint density at radius 2 is 2.08 bits per heavy atom. The van der Waals surface area contributed by atoms with Crippen LogP contribution < -0.4 is 10.5 Å². The zero-order valence-corrected chi connectivity index (χ0v) is 8.02. The van der Waals surface area contributed by atoms with Gasteiger partial charge in [0.25, 0.3) is 0 Å². The predicted octanol–water partition coefficient (Wildman–Crippen LogP) is 0.817. The molecule has 0 aromatic carbocycles. The first-order valence-electron chi connectivity index (χ1n) is 3.54. The summed E-state index contributed by atoms with van der Waals surface area (Å²) in [5.41, 5.74) is 8.11. The van der Waals surface area contributed by atoms with Crippen LogP contribution in [0.3, 0.4) is 0 Å². The van der Waals surface area contributed by atoms with Crippen molar-refractivity contribution >= 4 is 12.4 Å². The minimum atomic E-state index is 0. The average Bonchev–Trinajstić information content (AvgIpc) is 1.97. The van der Waals surface area contributed by atoms with Gasteiger partial charge < -0.3 is 10.9 Å². The summed E-state index contributed by atoms with van der Waals surface area (Å²) in [5, 5.41) is 11.0. The minimum Gasteiger partial charge on any atom is -0.619 e. The highest BCUT2D eigenvalue weighted by Gasteiger charge is 2.03. The Labute approximate surface area is 78.2 Å². The summed E-state index contributed by atoms with van der Waals surface area (Å²) in [6.45, 7) is 4.16. The number of pyridine rings is 1. The summed E-state index contributed by atoms with van der Waals surface area (Å²) in [6, 6.07) is 1.84. The van der Waals surface area contributed by atoms with E-state index in [1.165, 1.54) is 6.20 Å². The molecule has 3 nitrogen and oxygen atoms in total. The number of halogens is 1. The van der Waals surface area contributed by atoms with E-state index in [1.807, 2.05) is 13.0 Å². The van der Waals surface area contributed by atoms with Crippen molar-refractivity contribution in [2.45, 2.75) is 20.4 Å². The third kappa shape index (κ3) is 2.09. The Kier molecular flexibility index (Phi) is 4.00. The number of aryl methyl sites for hydroxylation is 2. The summed E-state index contributed by atoms with van der Waals surface area (Å²) in [4.78, 5) is 0. The average molecular weight is 189 g/mol. The maximum Gasteiger partial charge on any atom is 0.189 e. The van der Waals surface area contributed by atoms with Crippen LogP contribution in [0, 0.1) is 19.1 Å². The molecule has 1 rings (SSSR count). The Morgan fingerprint density at radius 3 is 2.58 bits per heavy atom. The minimum absolute atomic E-state index is 0. The molecule has 2 N–H and O–H groups in total. The van der Waals surface area contributed by atoms with Gasteiger partial charge in [-0.25, -0.2) is 0 Å². The molecule has 0 unspecified atom stereocenters. The van der Waals surface area contributed by atoms with E-state index in [0.717, 1.165) is 15.9 Å². The lowest BCUT2D eigenvalue weighted by atomic mass is 10.1. The topological polar surface area (TPSA) is 53.0 Å². The first kappa shape index (κ1) is 11.2. The molecule has 0 aliphatic carbocycles. The van der Waals surface area contributed by atoms with E-state index >= 15 is 0 Å². The quantitative estimate of drug-likeness (QED) is 0.524. The maximum atomic E-state index is 11.0. The maximum absolute atomic E-state index is 11.0. The fraction of sp³-hybridized carbons (Fsp3) is 0.375. The normalized spacial score (nSPS) is 9.25. The lowest BCUT2D eigenvalue weighted by molar-refractivity contribution is -0.612. The van der Waals surface area contributed by atoms with E-state index in [-0.39, 0.29) is 12.4 Å². The molecule has 0 fully saturated rings. The molecule has 0 saturated heterocycles. The van der Waals surface area contributed by atoms with Crippen LogP contribution in [0.25, 0.3) is 0 Å². The summed E-state index contributed by atoms with van der Waals surface area (Å²) in [6.07, 6.45) is 1.53. The van der Waals surface area contributed by atoms with Gasteiger partial charge >= 0.3 is 0 Å². The molecular weight excluding hydrogens is 176 g/mol. The van der Waals surface area contributed by atoms with Crippen LogP contribution in [0.2, 0.25) is 0 Å². The highest BCUT2D eigenvalue weighted by atomic mass is 35.5. The van der Waals surface area contributed by atoms with Crippen molar-refractivity contribution < 1.29 is 4.73 Å². The Morgan fingerprint density at radius 1 is 1.50 bits per heavy atom. The van der Waals surface area contributed by atoms with Crippen molar-refractivity contribution in [2.75, 3.05) is 0 Å². The van der Waals surface area contributed by atoms with Gasteiger partial charge in [-0.1, -0.05) is 0 Å². The van der Waals surface area contributed by atoms with E-state index < -0.39 is 0 Å². The van der Waals surface area contributed by atoms with Gasteiger partial charge in [0, 0.05) is 25.1 Å².